The van der Waals surface area contributed by atoms with E-state index in [1.807, 2.05) is 26.0 Å². The molecule has 1 aromatic carbocycles. The molecule has 0 bridgehead atoms. The van der Waals surface area contributed by atoms with Gasteiger partial charge in [-0.2, -0.15) is 0 Å². The number of rotatable bonds is 1. The van der Waals surface area contributed by atoms with Gasteiger partial charge in [-0.05, 0) is 41.1 Å². The highest BCUT2D eigenvalue weighted by molar-refractivity contribution is 5.54. The maximum Gasteiger partial charge on any atom is 0.113 e. The minimum Gasteiger partial charge on any atom is -0.145 e. The van der Waals surface area contributed by atoms with E-state index in [4.69, 9.17) is 0 Å². The maximum atomic E-state index is 10.6. The van der Waals surface area contributed by atoms with Crippen LogP contribution in [0.25, 0.3) is 0 Å². The van der Waals surface area contributed by atoms with Crippen molar-refractivity contribution >= 4 is 5.69 Å². The minimum absolute atomic E-state index is 0.122. The lowest BCUT2D eigenvalue weighted by atomic mass is 9.85. The van der Waals surface area contributed by atoms with Crippen molar-refractivity contribution in [2.75, 3.05) is 0 Å². The summed E-state index contributed by atoms with van der Waals surface area (Å²) in [5.74, 6) is 0. The summed E-state index contributed by atoms with van der Waals surface area (Å²) >= 11 is 0. The normalized spacial score (nSPS) is 11.5. The van der Waals surface area contributed by atoms with E-state index in [2.05, 4.69) is 25.9 Å². The smallest absolute Gasteiger partial charge is 0.113 e. The Morgan fingerprint density at radius 3 is 1.79 bits per heavy atom. The first kappa shape index (κ1) is 10.9. The second kappa shape index (κ2) is 3.52. The lowest BCUT2D eigenvalue weighted by molar-refractivity contribution is 0.589. The Labute approximate surface area is 85.3 Å². The first-order valence-electron chi connectivity index (χ1n) is 4.81. The van der Waals surface area contributed by atoms with Gasteiger partial charge in [-0.1, -0.05) is 32.9 Å². The van der Waals surface area contributed by atoms with E-state index < -0.39 is 0 Å². The Bertz CT molecular complexity index is 338. The topological polar surface area (TPSA) is 29.4 Å². The molecule has 1 rings (SSSR count). The molecule has 2 heteroatoms. The van der Waals surface area contributed by atoms with Crippen LogP contribution in [0, 0.1) is 18.8 Å². The van der Waals surface area contributed by atoms with E-state index in [0.29, 0.717) is 5.69 Å². The van der Waals surface area contributed by atoms with Crippen LogP contribution in [0.1, 0.15) is 37.5 Å². The van der Waals surface area contributed by atoms with Crippen molar-refractivity contribution in [1.29, 1.82) is 0 Å². The van der Waals surface area contributed by atoms with Gasteiger partial charge >= 0.3 is 0 Å². The van der Waals surface area contributed by atoms with Gasteiger partial charge in [0.05, 0.1) is 0 Å². The van der Waals surface area contributed by atoms with Gasteiger partial charge in [0.25, 0.3) is 0 Å². The highest BCUT2D eigenvalue weighted by Gasteiger charge is 2.16. The second-order valence-corrected chi connectivity index (χ2v) is 4.80. The predicted molar refractivity (Wildman–Crippen MR) is 60.1 cm³/mol. The first-order valence-corrected chi connectivity index (χ1v) is 4.81. The zero-order valence-electron chi connectivity index (χ0n) is 9.51. The summed E-state index contributed by atoms with van der Waals surface area (Å²) in [6.07, 6.45) is 0. The van der Waals surface area contributed by atoms with Crippen molar-refractivity contribution < 1.29 is 0 Å². The van der Waals surface area contributed by atoms with Crippen LogP contribution in [0.5, 0.6) is 0 Å². The van der Waals surface area contributed by atoms with E-state index in [0.717, 1.165) is 11.1 Å². The average Bonchev–Trinajstić information content (AvgIpc) is 2.01. The molecule has 0 amide bonds. The van der Waals surface area contributed by atoms with Gasteiger partial charge in [0.15, 0.2) is 0 Å². The molecule has 0 saturated heterocycles. The Kier molecular flexibility index (Phi) is 2.74. The lowest BCUT2D eigenvalue weighted by Gasteiger charge is -2.20. The van der Waals surface area contributed by atoms with Crippen molar-refractivity contribution in [1.82, 2.24) is 0 Å². The monoisotopic (exact) mass is 191 g/mol. The van der Waals surface area contributed by atoms with Gasteiger partial charge in [-0.15, -0.1) is 4.91 Å². The molecule has 0 aliphatic carbocycles. The van der Waals surface area contributed by atoms with Crippen LogP contribution in [0.3, 0.4) is 0 Å². The number of aryl methyl sites for hydroxylation is 2. The van der Waals surface area contributed by atoms with Crippen molar-refractivity contribution in [3.63, 3.8) is 0 Å². The molecule has 0 spiro atoms. The summed E-state index contributed by atoms with van der Waals surface area (Å²) in [4.78, 5) is 10.6. The molecule has 0 aromatic heterocycles. The zero-order chi connectivity index (χ0) is 10.9. The van der Waals surface area contributed by atoms with E-state index in [9.17, 15) is 4.91 Å². The van der Waals surface area contributed by atoms with E-state index in [-0.39, 0.29) is 5.41 Å². The molecule has 0 radical (unpaired) electrons. The van der Waals surface area contributed by atoms with Crippen LogP contribution in [-0.2, 0) is 5.41 Å². The van der Waals surface area contributed by atoms with Crippen LogP contribution < -0.4 is 0 Å². The SMILES string of the molecule is Cc1cc(C(C)(C)C)cc(C)c1N=O. The highest BCUT2D eigenvalue weighted by Crippen LogP contribution is 2.30. The second-order valence-electron chi connectivity index (χ2n) is 4.80. The summed E-state index contributed by atoms with van der Waals surface area (Å²) in [5.41, 5.74) is 3.88. The molecule has 0 fully saturated rings. The zero-order valence-corrected chi connectivity index (χ0v) is 9.51. The predicted octanol–water partition coefficient (Wildman–Crippen LogP) is 4.00. The molecule has 0 saturated carbocycles. The molecular formula is C12H17NO. The lowest BCUT2D eigenvalue weighted by Crippen LogP contribution is -2.11. The van der Waals surface area contributed by atoms with Gasteiger partial charge in [-0.3, -0.25) is 0 Å². The molecule has 2 nitrogen and oxygen atoms in total. The Morgan fingerprint density at radius 1 is 1.07 bits per heavy atom. The van der Waals surface area contributed by atoms with Crippen LogP contribution in [0.2, 0.25) is 0 Å². The molecule has 0 atom stereocenters. The molecule has 1 aromatic rings. The van der Waals surface area contributed by atoms with Gasteiger partial charge in [0.2, 0.25) is 0 Å². The number of hydrogen-bond donors (Lipinski definition) is 0. The largest absolute Gasteiger partial charge is 0.145 e. The van der Waals surface area contributed by atoms with Gasteiger partial charge < -0.3 is 0 Å². The first-order chi connectivity index (χ1) is 6.36. The Hall–Kier alpha value is -1.18. The maximum absolute atomic E-state index is 10.6. The fraction of sp³-hybridized carbons (Fsp3) is 0.500. The fourth-order valence-electron chi connectivity index (χ4n) is 1.53. The molecule has 0 N–H and O–H groups in total. The number of benzene rings is 1. The van der Waals surface area contributed by atoms with Gasteiger partial charge in [-0.25, -0.2) is 0 Å². The minimum atomic E-state index is 0.122. The summed E-state index contributed by atoms with van der Waals surface area (Å²) in [5, 5.41) is 3.04. The van der Waals surface area contributed by atoms with Crippen molar-refractivity contribution in [3.05, 3.63) is 33.7 Å². The van der Waals surface area contributed by atoms with Crippen LogP contribution >= 0.6 is 0 Å². The number of hydrogen-bond acceptors (Lipinski definition) is 2. The highest BCUT2D eigenvalue weighted by atomic mass is 16.3. The molecule has 76 valence electrons. The number of nitroso groups, excluding NO2 is 1. The molecule has 0 aliphatic rings. The van der Waals surface area contributed by atoms with Crippen LogP contribution in [0.15, 0.2) is 17.3 Å². The van der Waals surface area contributed by atoms with Gasteiger partial charge in [0.1, 0.15) is 5.69 Å². The quantitative estimate of drug-likeness (QED) is 0.617. The molecular weight excluding hydrogens is 174 g/mol. The third-order valence-corrected chi connectivity index (χ3v) is 2.45. The molecule has 0 aliphatic heterocycles. The standard InChI is InChI=1S/C12H17NO/c1-8-6-10(12(3,4)5)7-9(2)11(8)13-14/h6-7H,1-5H3. The summed E-state index contributed by atoms with van der Waals surface area (Å²) in [6, 6.07) is 4.09. The summed E-state index contributed by atoms with van der Waals surface area (Å²) in [6.45, 7) is 10.3. The van der Waals surface area contributed by atoms with Crippen LogP contribution in [0.4, 0.5) is 5.69 Å². The van der Waals surface area contributed by atoms with Crippen molar-refractivity contribution in [3.8, 4) is 0 Å². The van der Waals surface area contributed by atoms with E-state index in [1.165, 1.54) is 5.56 Å². The molecule has 0 heterocycles. The number of nitrogens with zero attached hydrogens (tertiary/aromatic N) is 1. The summed E-state index contributed by atoms with van der Waals surface area (Å²) in [7, 11) is 0. The van der Waals surface area contributed by atoms with Gasteiger partial charge in [0, 0.05) is 0 Å². The van der Waals surface area contributed by atoms with Crippen molar-refractivity contribution in [2.45, 2.75) is 40.0 Å². The third kappa shape index (κ3) is 2.00. The molecule has 14 heavy (non-hydrogen) atoms. The Morgan fingerprint density at radius 2 is 1.50 bits per heavy atom. The fourth-order valence-corrected chi connectivity index (χ4v) is 1.53. The van der Waals surface area contributed by atoms with Crippen molar-refractivity contribution in [2.24, 2.45) is 5.18 Å². The summed E-state index contributed by atoms with van der Waals surface area (Å²) < 4.78 is 0. The van der Waals surface area contributed by atoms with E-state index >= 15 is 0 Å². The molecule has 0 unspecified atom stereocenters. The average molecular weight is 191 g/mol. The Balaban J connectivity index is 3.35. The third-order valence-electron chi connectivity index (χ3n) is 2.45. The van der Waals surface area contributed by atoms with Crippen LogP contribution in [-0.4, -0.2) is 0 Å². The van der Waals surface area contributed by atoms with E-state index in [1.54, 1.807) is 0 Å².